The van der Waals surface area contributed by atoms with E-state index in [0.717, 1.165) is 62.1 Å². The van der Waals surface area contributed by atoms with E-state index < -0.39 is 0 Å². The largest absolute Gasteiger partial charge is 0.507 e. The van der Waals surface area contributed by atoms with Gasteiger partial charge in [-0.1, -0.05) is 70.9 Å². The molecule has 2 heteroatoms. The van der Waals surface area contributed by atoms with Crippen LogP contribution in [0.1, 0.15) is 91.2 Å². The van der Waals surface area contributed by atoms with Crippen molar-refractivity contribution in [1.29, 1.82) is 0 Å². The third kappa shape index (κ3) is 8.38. The second-order valence-electron chi connectivity index (χ2n) is 11.3. The molecule has 0 aliphatic heterocycles. The molecule has 0 bridgehead atoms. The van der Waals surface area contributed by atoms with Crippen molar-refractivity contribution in [2.75, 3.05) is 0 Å². The maximum Gasteiger partial charge on any atom is 0.131 e. The first-order valence-corrected chi connectivity index (χ1v) is 14.1. The molecular formula is C36H46O2. The number of fused-ring (bicyclic) bond motifs is 2. The van der Waals surface area contributed by atoms with Gasteiger partial charge in [-0.25, -0.2) is 0 Å². The van der Waals surface area contributed by atoms with Crippen molar-refractivity contribution in [3.05, 3.63) is 94.1 Å². The van der Waals surface area contributed by atoms with Crippen LogP contribution in [0.25, 0.3) is 21.5 Å². The molecule has 2 nitrogen and oxygen atoms in total. The van der Waals surface area contributed by atoms with Crippen LogP contribution in [0.2, 0.25) is 0 Å². The fourth-order valence-electron chi connectivity index (χ4n) is 4.94. The van der Waals surface area contributed by atoms with Crippen LogP contribution >= 0.6 is 0 Å². The molecule has 0 aromatic heterocycles. The van der Waals surface area contributed by atoms with Gasteiger partial charge in [0.25, 0.3) is 0 Å². The summed E-state index contributed by atoms with van der Waals surface area (Å²) in [5.74, 6) is 0.509. The Balaban J connectivity index is 1.75. The first kappa shape index (κ1) is 29.3. The van der Waals surface area contributed by atoms with Crippen molar-refractivity contribution in [1.82, 2.24) is 0 Å². The maximum absolute atomic E-state index is 11.2. The smallest absolute Gasteiger partial charge is 0.131 e. The van der Waals surface area contributed by atoms with Crippen molar-refractivity contribution in [3.8, 4) is 11.5 Å². The molecular weight excluding hydrogens is 464 g/mol. The molecule has 3 aromatic rings. The molecule has 0 aliphatic carbocycles. The number of phenolic OH excluding ortho intramolecular Hbond substituents is 2. The maximum atomic E-state index is 11.2. The first-order chi connectivity index (χ1) is 18.2. The molecule has 0 aliphatic rings. The third-order valence-corrected chi connectivity index (χ3v) is 7.22. The first-order valence-electron chi connectivity index (χ1n) is 14.1. The van der Waals surface area contributed by atoms with Gasteiger partial charge in [0.1, 0.15) is 11.5 Å². The molecule has 3 aromatic carbocycles. The Labute approximate surface area is 230 Å². The quantitative estimate of drug-likeness (QED) is 0.144. The minimum absolute atomic E-state index is 0.246. The van der Waals surface area contributed by atoms with E-state index in [2.05, 4.69) is 78.0 Å². The lowest BCUT2D eigenvalue weighted by Crippen LogP contribution is -1.89. The predicted octanol–water partition coefficient (Wildman–Crippen LogP) is 10.7. The predicted molar refractivity (Wildman–Crippen MR) is 166 cm³/mol. The topological polar surface area (TPSA) is 40.5 Å². The monoisotopic (exact) mass is 510 g/mol. The number of aromatic hydroxyl groups is 2. The molecule has 0 amide bonds. The summed E-state index contributed by atoms with van der Waals surface area (Å²) in [6, 6.07) is 12.1. The highest BCUT2D eigenvalue weighted by molar-refractivity contribution is 6.10. The van der Waals surface area contributed by atoms with Crippen LogP contribution in [0.4, 0.5) is 0 Å². The van der Waals surface area contributed by atoms with Crippen molar-refractivity contribution in [2.24, 2.45) is 0 Å². The fraction of sp³-hybridized carbons (Fsp3) is 0.389. The van der Waals surface area contributed by atoms with Gasteiger partial charge in [0.2, 0.25) is 0 Å². The van der Waals surface area contributed by atoms with Crippen molar-refractivity contribution in [2.45, 2.75) is 92.9 Å². The van der Waals surface area contributed by atoms with Crippen molar-refractivity contribution < 1.29 is 10.2 Å². The summed E-state index contributed by atoms with van der Waals surface area (Å²) in [7, 11) is 0. The molecule has 202 valence electrons. The van der Waals surface area contributed by atoms with Crippen LogP contribution in [0.15, 0.2) is 83.0 Å². The van der Waals surface area contributed by atoms with E-state index >= 15 is 0 Å². The normalized spacial score (nSPS) is 12.3. The zero-order valence-corrected chi connectivity index (χ0v) is 24.3. The van der Waals surface area contributed by atoms with Crippen LogP contribution in [-0.2, 0) is 12.8 Å². The van der Waals surface area contributed by atoms with Gasteiger partial charge in [-0.3, -0.25) is 0 Å². The van der Waals surface area contributed by atoms with Crippen LogP contribution in [0.5, 0.6) is 11.5 Å². The van der Waals surface area contributed by atoms with Gasteiger partial charge in [0.05, 0.1) is 0 Å². The number of rotatable bonds is 12. The zero-order chi connectivity index (χ0) is 27.7. The third-order valence-electron chi connectivity index (χ3n) is 7.22. The summed E-state index contributed by atoms with van der Waals surface area (Å²) < 4.78 is 0. The summed E-state index contributed by atoms with van der Waals surface area (Å²) >= 11 is 0. The van der Waals surface area contributed by atoms with E-state index in [9.17, 15) is 10.2 Å². The lowest BCUT2D eigenvalue weighted by Gasteiger charge is -2.12. The Bertz CT molecular complexity index is 1270. The fourth-order valence-corrected chi connectivity index (χ4v) is 4.94. The number of hydrogen-bond acceptors (Lipinski definition) is 2. The highest BCUT2D eigenvalue weighted by Crippen LogP contribution is 2.42. The summed E-state index contributed by atoms with van der Waals surface area (Å²) in [4.78, 5) is 0. The Morgan fingerprint density at radius 3 is 1.32 bits per heavy atom. The van der Waals surface area contributed by atoms with E-state index in [1.165, 1.54) is 33.4 Å². The molecule has 2 N–H and O–H groups in total. The Kier molecular flexibility index (Phi) is 10.8. The molecule has 0 saturated heterocycles. The Hall–Kier alpha value is -3.26. The molecule has 0 atom stereocenters. The lowest BCUT2D eigenvalue weighted by molar-refractivity contribution is 0.478. The summed E-state index contributed by atoms with van der Waals surface area (Å²) in [6.45, 7) is 13.0. The van der Waals surface area contributed by atoms with Gasteiger partial charge in [-0.2, -0.15) is 0 Å². The minimum atomic E-state index is 0.246. The Morgan fingerprint density at radius 2 is 0.921 bits per heavy atom. The number of aryl methyl sites for hydroxylation is 2. The van der Waals surface area contributed by atoms with Crippen molar-refractivity contribution in [3.63, 3.8) is 0 Å². The number of hydrogen-bond donors (Lipinski definition) is 2. The van der Waals surface area contributed by atoms with Crippen LogP contribution in [0, 0.1) is 0 Å². The highest BCUT2D eigenvalue weighted by atomic mass is 16.3. The average Bonchev–Trinajstić information content (AvgIpc) is 2.86. The number of phenols is 2. The molecule has 0 saturated carbocycles. The summed E-state index contributed by atoms with van der Waals surface area (Å²) in [5.41, 5.74) is 7.92. The van der Waals surface area contributed by atoms with E-state index in [0.29, 0.717) is 10.8 Å². The van der Waals surface area contributed by atoms with Gasteiger partial charge in [0.15, 0.2) is 0 Å². The molecule has 0 heterocycles. The van der Waals surface area contributed by atoms with Gasteiger partial charge in [-0.05, 0) is 116 Å². The van der Waals surface area contributed by atoms with Gasteiger partial charge in [0, 0.05) is 21.5 Å². The molecule has 0 fully saturated rings. The minimum Gasteiger partial charge on any atom is -0.507 e. The average molecular weight is 511 g/mol. The molecule has 3 rings (SSSR count). The number of allylic oxidation sites excluding steroid dienone is 8. The molecule has 38 heavy (non-hydrogen) atoms. The van der Waals surface area contributed by atoms with E-state index in [4.69, 9.17) is 0 Å². The summed E-state index contributed by atoms with van der Waals surface area (Å²) in [6.07, 6.45) is 17.4. The molecule has 0 spiro atoms. The van der Waals surface area contributed by atoms with Crippen LogP contribution < -0.4 is 0 Å². The van der Waals surface area contributed by atoms with Crippen LogP contribution in [-0.4, -0.2) is 10.2 Å². The van der Waals surface area contributed by atoms with Gasteiger partial charge in [-0.15, -0.1) is 0 Å². The molecule has 0 radical (unpaired) electrons. The van der Waals surface area contributed by atoms with E-state index in [1.54, 1.807) is 0 Å². The zero-order valence-electron chi connectivity index (χ0n) is 24.3. The number of benzene rings is 3. The SMILES string of the molecule is CC(C)=CCC/C(C)=C/CCc1ccc2c(O)c3ccc(CC/C=C(\C)CCC=C(C)C)cc3c(O)c2c1. The van der Waals surface area contributed by atoms with Gasteiger partial charge >= 0.3 is 0 Å². The van der Waals surface area contributed by atoms with Crippen LogP contribution in [0.3, 0.4) is 0 Å². The van der Waals surface area contributed by atoms with Crippen molar-refractivity contribution >= 4 is 21.5 Å². The van der Waals surface area contributed by atoms with E-state index in [1.807, 2.05) is 24.3 Å². The second kappa shape index (κ2) is 14.0. The second-order valence-corrected chi connectivity index (χ2v) is 11.3. The lowest BCUT2D eigenvalue weighted by atomic mass is 9.95. The van der Waals surface area contributed by atoms with E-state index in [-0.39, 0.29) is 11.5 Å². The standard InChI is InChI=1S/C36H46O2/c1-25(2)11-7-13-27(5)15-9-17-29-19-21-31-33(23-29)36(38)34-24-30(20-22-32(34)35(31)37)18-10-16-28(6)14-8-12-26(3)4/h11-12,15-16,19-24,37-38H,7-10,13-14,17-18H2,1-6H3/b27-15+,28-16+. The summed E-state index contributed by atoms with van der Waals surface area (Å²) in [5, 5.41) is 25.1. The van der Waals surface area contributed by atoms with Gasteiger partial charge < -0.3 is 10.2 Å². The highest BCUT2D eigenvalue weighted by Gasteiger charge is 2.14. The molecule has 0 unspecified atom stereocenters. The Morgan fingerprint density at radius 1 is 0.526 bits per heavy atom.